The van der Waals surface area contributed by atoms with E-state index in [9.17, 15) is 22.8 Å². The Morgan fingerprint density at radius 3 is 2.66 bits per heavy atom. The molecule has 2 aliphatic rings. The summed E-state index contributed by atoms with van der Waals surface area (Å²) in [6, 6.07) is 10.2. The van der Waals surface area contributed by atoms with Crippen molar-refractivity contribution < 1.29 is 22.8 Å². The lowest BCUT2D eigenvalue weighted by atomic mass is 9.58. The molecule has 5 rings (SSSR count). The van der Waals surface area contributed by atoms with Gasteiger partial charge < -0.3 is 20.1 Å². The Bertz CT molecular complexity index is 1480. The van der Waals surface area contributed by atoms with Gasteiger partial charge >= 0.3 is 6.18 Å². The smallest absolute Gasteiger partial charge is 0.353 e. The first kappa shape index (κ1) is 28.5. The van der Waals surface area contributed by atoms with Gasteiger partial charge in [0.1, 0.15) is 12.2 Å². The minimum atomic E-state index is -4.61. The molecule has 1 saturated carbocycles. The lowest BCUT2D eigenvalue weighted by Crippen LogP contribution is -2.43. The Hall–Kier alpha value is -3.99. The number of fused-ring (bicyclic) bond motifs is 1. The van der Waals surface area contributed by atoms with Gasteiger partial charge in [0.15, 0.2) is 0 Å². The fourth-order valence-electron chi connectivity index (χ4n) is 6.13. The van der Waals surface area contributed by atoms with Crippen LogP contribution in [-0.2, 0) is 36.5 Å². The molecule has 8 nitrogen and oxygen atoms in total. The van der Waals surface area contributed by atoms with Crippen LogP contribution in [0.15, 0.2) is 55.4 Å². The van der Waals surface area contributed by atoms with Gasteiger partial charge in [0.25, 0.3) is 5.91 Å². The number of benzene rings is 2. The van der Waals surface area contributed by atoms with Gasteiger partial charge in [-0.25, -0.2) is 0 Å². The summed E-state index contributed by atoms with van der Waals surface area (Å²) in [6.45, 7) is 6.46. The van der Waals surface area contributed by atoms with Crippen LogP contribution in [0.1, 0.15) is 64.6 Å². The van der Waals surface area contributed by atoms with Crippen molar-refractivity contribution in [2.45, 2.75) is 50.9 Å². The van der Waals surface area contributed by atoms with Gasteiger partial charge in [0, 0.05) is 31.4 Å². The number of halogens is 3. The van der Waals surface area contributed by atoms with Crippen LogP contribution in [-0.4, -0.2) is 39.7 Å². The summed E-state index contributed by atoms with van der Waals surface area (Å²) in [4.78, 5) is 26.2. The second kappa shape index (κ2) is 11.1. The second-order valence-corrected chi connectivity index (χ2v) is 11.0. The minimum Gasteiger partial charge on any atom is -0.353 e. The van der Waals surface area contributed by atoms with Crippen LogP contribution in [0.2, 0.25) is 0 Å². The van der Waals surface area contributed by atoms with E-state index >= 15 is 0 Å². The Morgan fingerprint density at radius 2 is 2.00 bits per heavy atom. The number of nitrogens with one attached hydrogen (secondary N) is 2. The van der Waals surface area contributed by atoms with Crippen molar-refractivity contribution in [1.82, 2.24) is 25.4 Å². The van der Waals surface area contributed by atoms with Crippen LogP contribution in [0, 0.1) is 5.92 Å². The third-order valence-corrected chi connectivity index (χ3v) is 7.99. The van der Waals surface area contributed by atoms with Crippen LogP contribution in [0.5, 0.6) is 0 Å². The Kier molecular flexibility index (Phi) is 7.74. The van der Waals surface area contributed by atoms with Crippen LogP contribution in [0.4, 0.5) is 18.9 Å². The fourth-order valence-corrected chi connectivity index (χ4v) is 6.13. The summed E-state index contributed by atoms with van der Waals surface area (Å²) in [7, 11) is 1.90. The molecule has 0 atom stereocenters. The van der Waals surface area contributed by atoms with Crippen molar-refractivity contribution in [1.29, 1.82) is 0 Å². The number of nitrogens with zero attached hydrogens (tertiary/aromatic N) is 4. The molecule has 0 saturated heterocycles. The molecule has 2 N–H and O–H groups in total. The van der Waals surface area contributed by atoms with Gasteiger partial charge in [0.05, 0.1) is 17.5 Å². The normalized spacial score (nSPS) is 20.1. The summed E-state index contributed by atoms with van der Waals surface area (Å²) >= 11 is 0. The van der Waals surface area contributed by atoms with Gasteiger partial charge in [-0.2, -0.15) is 13.2 Å². The van der Waals surface area contributed by atoms with E-state index in [0.29, 0.717) is 36.7 Å². The largest absolute Gasteiger partial charge is 0.416 e. The summed E-state index contributed by atoms with van der Waals surface area (Å²) in [5.41, 5.74) is 0.808. The van der Waals surface area contributed by atoms with Crippen LogP contribution in [0.3, 0.4) is 0 Å². The van der Waals surface area contributed by atoms with Gasteiger partial charge in [0.2, 0.25) is 5.91 Å². The van der Waals surface area contributed by atoms with E-state index < -0.39 is 17.6 Å². The van der Waals surface area contributed by atoms with Crippen molar-refractivity contribution in [3.05, 3.63) is 89.0 Å². The number of aryl methyl sites for hydroxylation is 1. The SMILES string of the molecule is C=CC(=O)NCCCNCc1cc2c(c(C(F)(F)F)c1)CN(c1cccc(C3(c4nncn4C)CC(C)C3)c1)C2=O. The van der Waals surface area contributed by atoms with Crippen molar-refractivity contribution in [2.24, 2.45) is 13.0 Å². The molecule has 216 valence electrons. The number of rotatable bonds is 10. The zero-order chi connectivity index (χ0) is 29.4. The van der Waals surface area contributed by atoms with E-state index in [-0.39, 0.29) is 35.5 Å². The van der Waals surface area contributed by atoms with E-state index in [0.717, 1.165) is 30.3 Å². The zero-order valence-electron chi connectivity index (χ0n) is 23.1. The average Bonchev–Trinajstić information content (AvgIpc) is 3.50. The summed E-state index contributed by atoms with van der Waals surface area (Å²) < 4.78 is 44.4. The topological polar surface area (TPSA) is 92.2 Å². The highest BCUT2D eigenvalue weighted by molar-refractivity contribution is 6.10. The number of alkyl halides is 3. The molecule has 2 aromatic carbocycles. The molecule has 1 aliphatic carbocycles. The molecule has 2 amide bonds. The first-order valence-electron chi connectivity index (χ1n) is 13.6. The molecule has 1 aromatic heterocycles. The van der Waals surface area contributed by atoms with Crippen molar-refractivity contribution in [3.63, 3.8) is 0 Å². The first-order valence-corrected chi connectivity index (χ1v) is 13.6. The number of carbonyl (C=O) groups excluding carboxylic acids is 2. The van der Waals surface area contributed by atoms with E-state index in [1.165, 1.54) is 11.0 Å². The maximum Gasteiger partial charge on any atom is 0.416 e. The molecule has 41 heavy (non-hydrogen) atoms. The molecule has 11 heteroatoms. The Balaban J connectivity index is 1.38. The predicted molar refractivity (Wildman–Crippen MR) is 148 cm³/mol. The third-order valence-electron chi connectivity index (χ3n) is 7.99. The molecule has 3 aromatic rings. The number of aromatic nitrogens is 3. The number of anilines is 1. The van der Waals surface area contributed by atoms with E-state index in [2.05, 4.69) is 34.3 Å². The van der Waals surface area contributed by atoms with E-state index in [4.69, 9.17) is 0 Å². The van der Waals surface area contributed by atoms with Gasteiger partial charge in [-0.05, 0) is 78.8 Å². The Morgan fingerprint density at radius 1 is 1.22 bits per heavy atom. The zero-order valence-corrected chi connectivity index (χ0v) is 23.1. The lowest BCUT2D eigenvalue weighted by Gasteiger charge is -2.46. The van der Waals surface area contributed by atoms with Crippen molar-refractivity contribution in [2.75, 3.05) is 18.0 Å². The quantitative estimate of drug-likeness (QED) is 0.279. The average molecular weight is 567 g/mol. The molecule has 0 radical (unpaired) electrons. The van der Waals surface area contributed by atoms with Gasteiger partial charge in [-0.15, -0.1) is 10.2 Å². The maximum absolute atomic E-state index is 14.2. The van der Waals surface area contributed by atoms with Crippen LogP contribution >= 0.6 is 0 Å². The minimum absolute atomic E-state index is 0.0101. The first-order chi connectivity index (χ1) is 19.5. The third kappa shape index (κ3) is 5.50. The van der Waals surface area contributed by atoms with E-state index in [1.54, 1.807) is 18.5 Å². The molecular formula is C30H33F3N6O2. The number of amides is 2. The van der Waals surface area contributed by atoms with Crippen molar-refractivity contribution >= 4 is 17.5 Å². The van der Waals surface area contributed by atoms with Crippen molar-refractivity contribution in [3.8, 4) is 0 Å². The van der Waals surface area contributed by atoms with Gasteiger partial charge in [-0.1, -0.05) is 25.6 Å². The van der Waals surface area contributed by atoms with Crippen LogP contribution in [0.25, 0.3) is 0 Å². The highest BCUT2D eigenvalue weighted by Gasteiger charge is 2.48. The highest BCUT2D eigenvalue weighted by atomic mass is 19.4. The molecule has 1 fully saturated rings. The second-order valence-electron chi connectivity index (χ2n) is 11.0. The number of hydrogen-bond acceptors (Lipinski definition) is 5. The number of hydrogen-bond donors (Lipinski definition) is 2. The molecule has 2 heterocycles. The predicted octanol–water partition coefficient (Wildman–Crippen LogP) is 4.49. The summed E-state index contributed by atoms with van der Waals surface area (Å²) in [5.74, 6) is 0.591. The monoisotopic (exact) mass is 566 g/mol. The Labute approximate surface area is 236 Å². The number of carbonyl (C=O) groups is 2. The standard InChI is InChI=1S/C30H33F3N6O2/c1-4-26(40)35-10-6-9-34-16-20-11-23-24(25(12-20)30(31,32)33)17-39(27(23)41)22-8-5-7-21(13-22)29(14-19(2)15-29)28-37-36-18-38(28)3/h4-5,7-8,11-13,18-19,34H,1,6,9-10,14-17H2,2-3H3,(H,35,40). The van der Waals surface area contributed by atoms with E-state index in [1.807, 2.05) is 29.8 Å². The lowest BCUT2D eigenvalue weighted by molar-refractivity contribution is -0.138. The highest BCUT2D eigenvalue weighted by Crippen LogP contribution is 2.52. The summed E-state index contributed by atoms with van der Waals surface area (Å²) in [5, 5.41) is 14.2. The molecule has 0 bridgehead atoms. The molecule has 1 aliphatic heterocycles. The van der Waals surface area contributed by atoms with Gasteiger partial charge in [-0.3, -0.25) is 9.59 Å². The van der Waals surface area contributed by atoms with Crippen LogP contribution < -0.4 is 15.5 Å². The molecule has 0 unspecified atom stereocenters. The fraction of sp³-hybridized carbons (Fsp3) is 0.400. The maximum atomic E-state index is 14.2. The summed E-state index contributed by atoms with van der Waals surface area (Å²) in [6.07, 6.45) is 0.561. The molecule has 0 spiro atoms. The molecular weight excluding hydrogens is 533 g/mol.